The number of carbonyl (C=O) groups excluding carboxylic acids is 2. The van der Waals surface area contributed by atoms with Gasteiger partial charge in [0.15, 0.2) is 0 Å². The zero-order valence-electron chi connectivity index (χ0n) is 16.7. The van der Waals surface area contributed by atoms with Crippen LogP contribution in [0.5, 0.6) is 11.5 Å². The van der Waals surface area contributed by atoms with Crippen molar-refractivity contribution in [3.8, 4) is 11.5 Å². The molecule has 0 unspecified atom stereocenters. The van der Waals surface area contributed by atoms with Crippen molar-refractivity contribution in [1.82, 2.24) is 5.32 Å². The lowest BCUT2D eigenvalue weighted by Gasteiger charge is -2.24. The first kappa shape index (κ1) is 20.9. The molecule has 0 saturated heterocycles. The van der Waals surface area contributed by atoms with Crippen LogP contribution in [0.2, 0.25) is 0 Å². The van der Waals surface area contributed by atoms with Gasteiger partial charge in [0, 0.05) is 11.6 Å². The number of esters is 1. The average molecular weight is 416 g/mol. The van der Waals surface area contributed by atoms with Crippen LogP contribution in [0.3, 0.4) is 0 Å². The van der Waals surface area contributed by atoms with E-state index in [0.29, 0.717) is 28.4 Å². The van der Waals surface area contributed by atoms with Crippen LogP contribution in [0, 0.1) is 5.92 Å². The van der Waals surface area contributed by atoms with Crippen LogP contribution in [0.4, 0.5) is 0 Å². The van der Waals surface area contributed by atoms with Crippen LogP contribution in [0.25, 0.3) is 0 Å². The van der Waals surface area contributed by atoms with E-state index in [0.717, 1.165) is 0 Å². The molecule has 1 aromatic carbocycles. The lowest BCUT2D eigenvalue weighted by molar-refractivity contribution is -0.146. The highest BCUT2D eigenvalue weighted by Crippen LogP contribution is 2.40. The molecule has 29 heavy (non-hydrogen) atoms. The average Bonchev–Trinajstić information content (AvgIpc) is 3.41. The summed E-state index contributed by atoms with van der Waals surface area (Å²) < 4.78 is 16.2. The SMILES string of the molecule is CCOC(=O)[C@H](c1cc(OC)ccc1OC)[C@H]1C=C[C@H](NC(=O)c2cccs2)C1. The minimum absolute atomic E-state index is 0.109. The Hall–Kier alpha value is -2.80. The second-order valence-corrected chi connectivity index (χ2v) is 7.63. The second kappa shape index (κ2) is 9.60. The Kier molecular flexibility index (Phi) is 6.93. The van der Waals surface area contributed by atoms with Gasteiger partial charge in [-0.3, -0.25) is 9.59 Å². The van der Waals surface area contributed by atoms with Gasteiger partial charge in [0.2, 0.25) is 0 Å². The van der Waals surface area contributed by atoms with Crippen molar-refractivity contribution in [2.24, 2.45) is 5.92 Å². The maximum Gasteiger partial charge on any atom is 0.314 e. The molecule has 2 aromatic rings. The summed E-state index contributed by atoms with van der Waals surface area (Å²) in [6, 6.07) is 8.88. The Bertz CT molecular complexity index is 877. The first-order valence-corrected chi connectivity index (χ1v) is 10.4. The third-order valence-corrected chi connectivity index (χ3v) is 5.79. The van der Waals surface area contributed by atoms with E-state index in [4.69, 9.17) is 14.2 Å². The minimum atomic E-state index is -0.556. The molecule has 1 aliphatic carbocycles. The Morgan fingerprint density at radius 3 is 2.69 bits per heavy atom. The maximum atomic E-state index is 12.9. The van der Waals surface area contributed by atoms with Crippen LogP contribution in [-0.2, 0) is 9.53 Å². The number of rotatable bonds is 8. The van der Waals surface area contributed by atoms with Gasteiger partial charge in [0.05, 0.1) is 31.6 Å². The number of amides is 1. The molecule has 0 spiro atoms. The van der Waals surface area contributed by atoms with Crippen molar-refractivity contribution in [3.63, 3.8) is 0 Å². The number of ether oxygens (including phenoxy) is 3. The molecule has 1 N–H and O–H groups in total. The van der Waals surface area contributed by atoms with Gasteiger partial charge in [-0.1, -0.05) is 18.2 Å². The fourth-order valence-electron chi connectivity index (χ4n) is 3.58. The van der Waals surface area contributed by atoms with Gasteiger partial charge >= 0.3 is 5.97 Å². The third kappa shape index (κ3) is 4.79. The number of hydrogen-bond donors (Lipinski definition) is 1. The molecular weight excluding hydrogens is 390 g/mol. The Labute approximate surface area is 174 Å². The molecule has 7 heteroatoms. The van der Waals surface area contributed by atoms with E-state index in [2.05, 4.69) is 5.32 Å². The number of thiophene rings is 1. The molecule has 1 heterocycles. The summed E-state index contributed by atoms with van der Waals surface area (Å²) >= 11 is 1.40. The summed E-state index contributed by atoms with van der Waals surface area (Å²) in [5.41, 5.74) is 0.713. The summed E-state index contributed by atoms with van der Waals surface area (Å²) in [6.45, 7) is 2.07. The molecule has 1 amide bonds. The summed E-state index contributed by atoms with van der Waals surface area (Å²) in [4.78, 5) is 25.9. The highest BCUT2D eigenvalue weighted by atomic mass is 32.1. The summed E-state index contributed by atoms with van der Waals surface area (Å²) in [5.74, 6) is 0.118. The van der Waals surface area contributed by atoms with Crippen LogP contribution in [-0.4, -0.2) is 38.7 Å². The summed E-state index contributed by atoms with van der Waals surface area (Å²) in [6.07, 6.45) is 4.51. The molecule has 0 saturated carbocycles. The minimum Gasteiger partial charge on any atom is -0.497 e. The molecule has 0 aliphatic heterocycles. The van der Waals surface area contributed by atoms with Gasteiger partial charge in [0.1, 0.15) is 11.5 Å². The van der Waals surface area contributed by atoms with Gasteiger partial charge in [-0.2, -0.15) is 0 Å². The van der Waals surface area contributed by atoms with Gasteiger partial charge in [-0.15, -0.1) is 11.3 Å². The lowest BCUT2D eigenvalue weighted by atomic mass is 9.84. The van der Waals surface area contributed by atoms with Gasteiger partial charge in [-0.25, -0.2) is 0 Å². The largest absolute Gasteiger partial charge is 0.497 e. The fraction of sp³-hybridized carbons (Fsp3) is 0.364. The van der Waals surface area contributed by atoms with Gasteiger partial charge < -0.3 is 19.5 Å². The number of allylic oxidation sites excluding steroid dienone is 1. The highest BCUT2D eigenvalue weighted by molar-refractivity contribution is 7.12. The third-order valence-electron chi connectivity index (χ3n) is 4.92. The van der Waals surface area contributed by atoms with Gasteiger partial charge in [-0.05, 0) is 48.9 Å². The molecular formula is C22H25NO5S. The van der Waals surface area contributed by atoms with E-state index in [9.17, 15) is 9.59 Å². The molecule has 1 aliphatic rings. The summed E-state index contributed by atoms with van der Waals surface area (Å²) in [5, 5.41) is 4.89. The fourth-order valence-corrected chi connectivity index (χ4v) is 4.20. The van der Waals surface area contributed by atoms with Crippen molar-refractivity contribution < 1.29 is 23.8 Å². The van der Waals surface area contributed by atoms with Gasteiger partial charge in [0.25, 0.3) is 5.91 Å². The molecule has 0 fully saturated rings. The van der Waals surface area contributed by atoms with Crippen LogP contribution >= 0.6 is 11.3 Å². The number of carbonyl (C=O) groups is 2. The van der Waals surface area contributed by atoms with Crippen molar-refractivity contribution in [1.29, 1.82) is 0 Å². The number of methoxy groups -OCH3 is 2. The van der Waals surface area contributed by atoms with Crippen molar-refractivity contribution >= 4 is 23.2 Å². The zero-order chi connectivity index (χ0) is 20.8. The van der Waals surface area contributed by atoms with E-state index >= 15 is 0 Å². The van der Waals surface area contributed by atoms with Crippen molar-refractivity contribution in [3.05, 3.63) is 58.3 Å². The molecule has 3 atom stereocenters. The number of benzene rings is 1. The molecule has 0 bridgehead atoms. The Morgan fingerprint density at radius 1 is 1.21 bits per heavy atom. The van der Waals surface area contributed by atoms with E-state index in [1.54, 1.807) is 39.3 Å². The molecule has 154 valence electrons. The lowest BCUT2D eigenvalue weighted by Crippen LogP contribution is -2.33. The molecule has 0 radical (unpaired) electrons. The van der Waals surface area contributed by atoms with Crippen LogP contribution < -0.4 is 14.8 Å². The predicted octanol–water partition coefficient (Wildman–Crippen LogP) is 3.79. The monoisotopic (exact) mass is 415 g/mol. The molecule has 3 rings (SSSR count). The highest BCUT2D eigenvalue weighted by Gasteiger charge is 2.36. The first-order chi connectivity index (χ1) is 14.1. The normalized spacial score (nSPS) is 18.9. The van der Waals surface area contributed by atoms with E-state index in [1.165, 1.54) is 11.3 Å². The number of hydrogen-bond acceptors (Lipinski definition) is 6. The summed E-state index contributed by atoms with van der Waals surface area (Å²) in [7, 11) is 3.15. The topological polar surface area (TPSA) is 73.9 Å². The van der Waals surface area contributed by atoms with Crippen LogP contribution in [0.1, 0.15) is 34.5 Å². The quantitative estimate of drug-likeness (QED) is 0.525. The van der Waals surface area contributed by atoms with E-state index in [-0.39, 0.29) is 30.4 Å². The zero-order valence-corrected chi connectivity index (χ0v) is 17.5. The maximum absolute atomic E-state index is 12.9. The predicted molar refractivity (Wildman–Crippen MR) is 112 cm³/mol. The van der Waals surface area contributed by atoms with E-state index in [1.807, 2.05) is 29.7 Å². The smallest absolute Gasteiger partial charge is 0.314 e. The Balaban J connectivity index is 1.83. The second-order valence-electron chi connectivity index (χ2n) is 6.68. The molecule has 6 nitrogen and oxygen atoms in total. The van der Waals surface area contributed by atoms with E-state index < -0.39 is 5.92 Å². The van der Waals surface area contributed by atoms with Crippen LogP contribution in [0.15, 0.2) is 47.9 Å². The standard InChI is InChI=1S/C22H25NO5S/c1-4-28-22(25)20(17-13-16(26-2)9-10-18(17)27-3)14-7-8-15(12-14)23-21(24)19-6-5-11-29-19/h5-11,13-15,20H,4,12H2,1-3H3,(H,23,24)/t14-,15-,20-/m0/s1. The van der Waals surface area contributed by atoms with Crippen molar-refractivity contribution in [2.45, 2.75) is 25.3 Å². The molecule has 1 aromatic heterocycles. The van der Waals surface area contributed by atoms with Crippen molar-refractivity contribution in [2.75, 3.05) is 20.8 Å². The Morgan fingerprint density at radius 2 is 2.03 bits per heavy atom. The number of nitrogens with one attached hydrogen (secondary N) is 1. The first-order valence-electron chi connectivity index (χ1n) is 9.48.